The topological polar surface area (TPSA) is 107 Å². The fraction of sp³-hybridized carbons (Fsp3) is 0.238. The van der Waals surface area contributed by atoms with Crippen molar-refractivity contribution in [3.8, 4) is 11.5 Å². The van der Waals surface area contributed by atoms with E-state index in [-0.39, 0.29) is 18.1 Å². The minimum absolute atomic E-state index is 0.121. The van der Waals surface area contributed by atoms with Gasteiger partial charge in [-0.3, -0.25) is 9.59 Å². The molecule has 162 valence electrons. The van der Waals surface area contributed by atoms with Crippen molar-refractivity contribution in [1.82, 2.24) is 15.0 Å². The lowest BCUT2D eigenvalue weighted by Crippen LogP contribution is -2.21. The molecule has 1 aromatic heterocycles. The molecule has 0 radical (unpaired) electrons. The molecule has 2 N–H and O–H groups in total. The van der Waals surface area contributed by atoms with Crippen LogP contribution in [-0.4, -0.2) is 41.0 Å². The first kappa shape index (κ1) is 22.1. The molecular weight excluding hydrogens is 422 g/mol. The maximum Gasteiger partial charge on any atom is 0.278 e. The third-order valence-corrected chi connectivity index (χ3v) is 5.05. The molecule has 0 unspecified atom stereocenters. The van der Waals surface area contributed by atoms with E-state index in [0.29, 0.717) is 33.6 Å². The van der Waals surface area contributed by atoms with Crippen LogP contribution in [0.2, 0.25) is 5.02 Å². The third kappa shape index (κ3) is 5.13. The molecule has 0 saturated heterocycles. The Morgan fingerprint density at radius 2 is 1.74 bits per heavy atom. The molecule has 10 heteroatoms. The first-order chi connectivity index (χ1) is 14.8. The Morgan fingerprint density at radius 1 is 1.06 bits per heavy atom. The van der Waals surface area contributed by atoms with Gasteiger partial charge < -0.3 is 20.1 Å². The van der Waals surface area contributed by atoms with Gasteiger partial charge in [-0.05, 0) is 31.5 Å². The van der Waals surface area contributed by atoms with E-state index in [0.717, 1.165) is 5.56 Å². The molecule has 0 saturated carbocycles. The zero-order chi connectivity index (χ0) is 22.5. The van der Waals surface area contributed by atoms with Gasteiger partial charge in [0.25, 0.3) is 5.91 Å². The summed E-state index contributed by atoms with van der Waals surface area (Å²) in [4.78, 5) is 25.1. The summed E-state index contributed by atoms with van der Waals surface area (Å²) < 4.78 is 11.8. The van der Waals surface area contributed by atoms with Crippen LogP contribution in [0.1, 0.15) is 21.7 Å². The molecule has 3 rings (SSSR count). The number of nitrogens with zero attached hydrogens (tertiary/aromatic N) is 3. The van der Waals surface area contributed by atoms with Gasteiger partial charge in [-0.15, -0.1) is 5.10 Å². The highest BCUT2D eigenvalue weighted by molar-refractivity contribution is 6.31. The summed E-state index contributed by atoms with van der Waals surface area (Å²) >= 11 is 6.10. The Bertz CT molecular complexity index is 1110. The molecule has 9 nitrogen and oxygen atoms in total. The molecule has 2 aromatic carbocycles. The standard InChI is InChI=1S/C21H22ClN5O4/c1-12-17(22)6-5-7-18(12)24-21(29)20-13(2)27(26-25-20)11-19(28)23-14-8-15(30-3)10-16(9-14)31-4/h5-10H,11H2,1-4H3,(H,23,28)(H,24,29). The first-order valence-corrected chi connectivity index (χ1v) is 9.69. The number of amides is 2. The summed E-state index contributed by atoms with van der Waals surface area (Å²) in [5.74, 6) is 0.303. The van der Waals surface area contributed by atoms with Crippen molar-refractivity contribution in [1.29, 1.82) is 0 Å². The van der Waals surface area contributed by atoms with E-state index in [1.165, 1.54) is 18.9 Å². The van der Waals surface area contributed by atoms with Gasteiger partial charge >= 0.3 is 0 Å². The number of hydrogen-bond acceptors (Lipinski definition) is 6. The number of nitrogens with one attached hydrogen (secondary N) is 2. The second-order valence-electron chi connectivity index (χ2n) is 6.70. The van der Waals surface area contributed by atoms with Gasteiger partial charge in [-0.25, -0.2) is 4.68 Å². The predicted molar refractivity (Wildman–Crippen MR) is 117 cm³/mol. The number of benzene rings is 2. The van der Waals surface area contributed by atoms with Gasteiger partial charge in [0, 0.05) is 34.6 Å². The maximum atomic E-state index is 12.6. The minimum atomic E-state index is -0.438. The number of carbonyl (C=O) groups is 2. The fourth-order valence-corrected chi connectivity index (χ4v) is 3.04. The number of anilines is 2. The molecular formula is C21H22ClN5O4. The molecule has 0 spiro atoms. The van der Waals surface area contributed by atoms with Crippen LogP contribution >= 0.6 is 11.6 Å². The molecule has 0 bridgehead atoms. The zero-order valence-corrected chi connectivity index (χ0v) is 18.3. The van der Waals surface area contributed by atoms with E-state index < -0.39 is 5.91 Å². The highest BCUT2D eigenvalue weighted by Crippen LogP contribution is 2.26. The van der Waals surface area contributed by atoms with E-state index in [4.69, 9.17) is 21.1 Å². The minimum Gasteiger partial charge on any atom is -0.497 e. The van der Waals surface area contributed by atoms with Crippen LogP contribution in [0.4, 0.5) is 11.4 Å². The smallest absolute Gasteiger partial charge is 0.278 e. The van der Waals surface area contributed by atoms with Gasteiger partial charge in [-0.2, -0.15) is 0 Å². The van der Waals surface area contributed by atoms with Crippen LogP contribution in [0.15, 0.2) is 36.4 Å². The van der Waals surface area contributed by atoms with E-state index in [1.54, 1.807) is 50.2 Å². The summed E-state index contributed by atoms with van der Waals surface area (Å²) in [5.41, 5.74) is 2.41. The Kier molecular flexibility index (Phi) is 6.76. The Hall–Kier alpha value is -3.59. The summed E-state index contributed by atoms with van der Waals surface area (Å²) in [6.07, 6.45) is 0. The summed E-state index contributed by atoms with van der Waals surface area (Å²) in [6.45, 7) is 3.35. The number of halogens is 1. The molecule has 1 heterocycles. The second-order valence-corrected chi connectivity index (χ2v) is 7.10. The summed E-state index contributed by atoms with van der Waals surface area (Å²) in [6, 6.07) is 10.3. The lowest BCUT2D eigenvalue weighted by atomic mass is 10.2. The van der Waals surface area contributed by atoms with Crippen LogP contribution in [0, 0.1) is 13.8 Å². The first-order valence-electron chi connectivity index (χ1n) is 9.32. The Balaban J connectivity index is 1.70. The van der Waals surface area contributed by atoms with E-state index in [9.17, 15) is 9.59 Å². The van der Waals surface area contributed by atoms with E-state index >= 15 is 0 Å². The van der Waals surface area contributed by atoms with Crippen molar-refractivity contribution in [2.45, 2.75) is 20.4 Å². The number of ether oxygens (including phenoxy) is 2. The van der Waals surface area contributed by atoms with E-state index in [1.807, 2.05) is 0 Å². The van der Waals surface area contributed by atoms with Crippen LogP contribution in [0.5, 0.6) is 11.5 Å². The number of aromatic nitrogens is 3. The SMILES string of the molecule is COc1cc(NC(=O)Cn2nnc(C(=O)Nc3cccc(Cl)c3C)c2C)cc(OC)c1. The lowest BCUT2D eigenvalue weighted by Gasteiger charge is -2.10. The highest BCUT2D eigenvalue weighted by atomic mass is 35.5. The molecule has 0 atom stereocenters. The van der Waals surface area contributed by atoms with Crippen LogP contribution in [0.3, 0.4) is 0 Å². The van der Waals surface area contributed by atoms with Gasteiger partial charge in [0.05, 0.1) is 19.9 Å². The normalized spacial score (nSPS) is 10.5. The molecule has 0 aliphatic heterocycles. The molecule has 2 amide bonds. The maximum absolute atomic E-state index is 12.6. The van der Waals surface area contributed by atoms with Gasteiger partial charge in [0.15, 0.2) is 5.69 Å². The van der Waals surface area contributed by atoms with Crippen LogP contribution < -0.4 is 20.1 Å². The fourth-order valence-electron chi connectivity index (χ4n) is 2.86. The predicted octanol–water partition coefficient (Wildman–Crippen LogP) is 3.46. The molecule has 31 heavy (non-hydrogen) atoms. The average molecular weight is 444 g/mol. The number of rotatable bonds is 7. The Morgan fingerprint density at radius 3 is 2.39 bits per heavy atom. The van der Waals surface area contributed by atoms with Gasteiger partial charge in [-0.1, -0.05) is 22.9 Å². The van der Waals surface area contributed by atoms with Crippen molar-refractivity contribution in [3.63, 3.8) is 0 Å². The second kappa shape index (κ2) is 9.48. The lowest BCUT2D eigenvalue weighted by molar-refractivity contribution is -0.117. The van der Waals surface area contributed by atoms with Crippen molar-refractivity contribution in [3.05, 3.63) is 58.4 Å². The highest BCUT2D eigenvalue weighted by Gasteiger charge is 2.19. The van der Waals surface area contributed by atoms with Crippen LogP contribution in [0.25, 0.3) is 0 Å². The molecule has 0 aliphatic carbocycles. The number of carbonyl (C=O) groups excluding carboxylic acids is 2. The third-order valence-electron chi connectivity index (χ3n) is 4.64. The zero-order valence-electron chi connectivity index (χ0n) is 17.5. The Labute approximate surface area is 184 Å². The molecule has 0 fully saturated rings. The molecule has 3 aromatic rings. The van der Waals surface area contributed by atoms with Gasteiger partial charge in [0.1, 0.15) is 18.0 Å². The largest absolute Gasteiger partial charge is 0.497 e. The monoisotopic (exact) mass is 443 g/mol. The molecule has 0 aliphatic rings. The van der Waals surface area contributed by atoms with Gasteiger partial charge in [0.2, 0.25) is 5.91 Å². The van der Waals surface area contributed by atoms with Crippen molar-refractivity contribution >= 4 is 34.8 Å². The summed E-state index contributed by atoms with van der Waals surface area (Å²) in [7, 11) is 3.05. The van der Waals surface area contributed by atoms with Crippen molar-refractivity contribution < 1.29 is 19.1 Å². The van der Waals surface area contributed by atoms with Crippen molar-refractivity contribution in [2.75, 3.05) is 24.9 Å². The van der Waals surface area contributed by atoms with E-state index in [2.05, 4.69) is 20.9 Å². The van der Waals surface area contributed by atoms with Crippen LogP contribution in [-0.2, 0) is 11.3 Å². The average Bonchev–Trinajstić information content (AvgIpc) is 3.11. The quantitative estimate of drug-likeness (QED) is 0.579. The summed E-state index contributed by atoms with van der Waals surface area (Å²) in [5, 5.41) is 13.9. The number of hydrogen-bond donors (Lipinski definition) is 2. The van der Waals surface area contributed by atoms with Crippen molar-refractivity contribution in [2.24, 2.45) is 0 Å². The number of methoxy groups -OCH3 is 2.